The Morgan fingerprint density at radius 1 is 1.43 bits per heavy atom. The lowest BCUT2D eigenvalue weighted by atomic mass is 10.1. The van der Waals surface area contributed by atoms with Gasteiger partial charge in [0, 0.05) is 23.3 Å². The highest BCUT2D eigenvalue weighted by Crippen LogP contribution is 2.16. The number of para-hydroxylation sites is 1. The van der Waals surface area contributed by atoms with E-state index in [9.17, 15) is 5.11 Å². The lowest BCUT2D eigenvalue weighted by Crippen LogP contribution is -2.22. The molecule has 0 bridgehead atoms. The minimum absolute atomic E-state index is 0.683. The minimum Gasteiger partial charge on any atom is -0.374 e. The lowest BCUT2D eigenvalue weighted by molar-refractivity contribution is 0.139. The molecule has 1 aromatic carbocycles. The fraction of sp³-hybridized carbons (Fsp3) is 0.250. The summed E-state index contributed by atoms with van der Waals surface area (Å²) in [5, 5.41) is 16.2. The molecule has 21 heavy (non-hydrogen) atoms. The van der Waals surface area contributed by atoms with Gasteiger partial charge in [-0.1, -0.05) is 18.2 Å². The number of nitrogens with zero attached hydrogens (tertiary/aromatic N) is 2. The first-order valence-corrected chi connectivity index (χ1v) is 7.85. The molecular weight excluding hydrogens is 282 g/mol. The molecule has 1 aromatic heterocycles. The molecule has 5 heteroatoms. The zero-order chi connectivity index (χ0) is 14.9. The van der Waals surface area contributed by atoms with Crippen LogP contribution in [0.15, 0.2) is 53.1 Å². The van der Waals surface area contributed by atoms with Crippen LogP contribution in [-0.4, -0.2) is 29.1 Å². The predicted molar refractivity (Wildman–Crippen MR) is 90.5 cm³/mol. The molecule has 0 saturated heterocycles. The van der Waals surface area contributed by atoms with Crippen LogP contribution in [0.25, 0.3) is 10.9 Å². The van der Waals surface area contributed by atoms with Crippen molar-refractivity contribution in [2.24, 2.45) is 4.99 Å². The summed E-state index contributed by atoms with van der Waals surface area (Å²) in [5.41, 5.74) is 1.73. The highest BCUT2D eigenvalue weighted by Gasteiger charge is 2.07. The number of hydrogen-bond donors (Lipinski definition) is 2. The van der Waals surface area contributed by atoms with Gasteiger partial charge in [-0.25, -0.2) is 0 Å². The summed E-state index contributed by atoms with van der Waals surface area (Å²) < 4.78 is 0. The first-order chi connectivity index (χ1) is 10.3. The number of benzene rings is 1. The van der Waals surface area contributed by atoms with Gasteiger partial charge in [-0.3, -0.25) is 15.3 Å². The van der Waals surface area contributed by atoms with E-state index in [1.54, 1.807) is 24.2 Å². The third kappa shape index (κ3) is 4.97. The molecule has 0 spiro atoms. The highest BCUT2D eigenvalue weighted by atomic mass is 32.2. The van der Waals surface area contributed by atoms with Gasteiger partial charge in [-0.15, -0.1) is 11.8 Å². The molecule has 0 fully saturated rings. The van der Waals surface area contributed by atoms with Gasteiger partial charge in [0.15, 0.2) is 0 Å². The number of aliphatic hydroxyl groups is 1. The van der Waals surface area contributed by atoms with E-state index in [0.717, 1.165) is 35.2 Å². The molecule has 4 nitrogen and oxygen atoms in total. The monoisotopic (exact) mass is 301 g/mol. The molecule has 1 heterocycles. The molecule has 2 aromatic rings. The Hall–Kier alpha value is -1.69. The number of pyridine rings is 1. The van der Waals surface area contributed by atoms with Crippen molar-refractivity contribution in [3.05, 3.63) is 53.7 Å². The van der Waals surface area contributed by atoms with Gasteiger partial charge in [0.2, 0.25) is 0 Å². The Kier molecular flexibility index (Phi) is 6.40. The topological polar surface area (TPSA) is 57.5 Å². The molecule has 0 aliphatic carbocycles. The van der Waals surface area contributed by atoms with Crippen LogP contribution in [0.4, 0.5) is 0 Å². The quantitative estimate of drug-likeness (QED) is 0.447. The van der Waals surface area contributed by atoms with Crippen LogP contribution in [0.1, 0.15) is 18.2 Å². The molecule has 0 aliphatic rings. The normalized spacial score (nSPS) is 12.8. The maximum atomic E-state index is 10.1. The van der Waals surface area contributed by atoms with E-state index in [1.165, 1.54) is 0 Å². The van der Waals surface area contributed by atoms with E-state index in [0.29, 0.717) is 0 Å². The molecule has 0 saturated carbocycles. The molecular formula is C16H19N3OS. The maximum Gasteiger partial charge on any atom is 0.132 e. The van der Waals surface area contributed by atoms with Crippen molar-refractivity contribution in [1.29, 1.82) is 0 Å². The zero-order valence-corrected chi connectivity index (χ0v) is 12.6. The van der Waals surface area contributed by atoms with Crippen molar-refractivity contribution < 1.29 is 5.11 Å². The third-order valence-electron chi connectivity index (χ3n) is 2.97. The Labute approximate surface area is 129 Å². The van der Waals surface area contributed by atoms with Crippen molar-refractivity contribution in [2.75, 3.05) is 12.3 Å². The molecule has 1 unspecified atom stereocenters. The fourth-order valence-corrected chi connectivity index (χ4v) is 2.52. The van der Waals surface area contributed by atoms with E-state index >= 15 is 0 Å². The number of fused-ring (bicyclic) bond motifs is 1. The van der Waals surface area contributed by atoms with Crippen molar-refractivity contribution in [3.63, 3.8) is 0 Å². The fourth-order valence-electron chi connectivity index (χ4n) is 1.90. The summed E-state index contributed by atoms with van der Waals surface area (Å²) >= 11 is 1.68. The van der Waals surface area contributed by atoms with Crippen molar-refractivity contribution >= 4 is 29.4 Å². The average molecular weight is 301 g/mol. The van der Waals surface area contributed by atoms with Gasteiger partial charge in [0.1, 0.15) is 6.23 Å². The van der Waals surface area contributed by atoms with Gasteiger partial charge < -0.3 is 5.11 Å². The van der Waals surface area contributed by atoms with E-state index in [1.807, 2.05) is 35.7 Å². The molecule has 1 atom stereocenters. The number of aliphatic imine (C=N–C) groups is 1. The first kappa shape index (κ1) is 15.7. The number of aliphatic hydroxyl groups excluding tert-OH is 1. The number of nitrogens with one attached hydrogen (secondary N) is 1. The molecule has 110 valence electrons. The van der Waals surface area contributed by atoms with Crippen LogP contribution in [0.5, 0.6) is 0 Å². The Bertz CT molecular complexity index is 615. The summed E-state index contributed by atoms with van der Waals surface area (Å²) in [6, 6.07) is 9.85. The van der Waals surface area contributed by atoms with Crippen LogP contribution >= 0.6 is 11.8 Å². The average Bonchev–Trinajstić information content (AvgIpc) is 2.53. The minimum atomic E-state index is -0.683. The summed E-state index contributed by atoms with van der Waals surface area (Å²) in [6.45, 7) is 4.12. The number of aromatic nitrogens is 1. The van der Waals surface area contributed by atoms with E-state index in [4.69, 9.17) is 0 Å². The van der Waals surface area contributed by atoms with Crippen LogP contribution in [-0.2, 0) is 0 Å². The zero-order valence-electron chi connectivity index (χ0n) is 11.8. The van der Waals surface area contributed by atoms with Crippen molar-refractivity contribution in [3.8, 4) is 0 Å². The largest absolute Gasteiger partial charge is 0.374 e. The van der Waals surface area contributed by atoms with E-state index in [2.05, 4.69) is 22.0 Å². The molecule has 2 N–H and O–H groups in total. The van der Waals surface area contributed by atoms with Crippen molar-refractivity contribution in [2.45, 2.75) is 12.6 Å². The molecule has 2 rings (SSSR count). The van der Waals surface area contributed by atoms with Crippen LogP contribution in [0, 0.1) is 0 Å². The van der Waals surface area contributed by atoms with Gasteiger partial charge in [-0.2, -0.15) is 0 Å². The van der Waals surface area contributed by atoms with Gasteiger partial charge >= 0.3 is 0 Å². The standard InChI is InChI=1S/C16H19N3OS/c1-17-8-10-21-9-4-7-18-16(20)14-11-13-5-2-3-6-15(13)19-12-14/h2-3,5-6,8,10-12,16,18,20H,1,4,7,9H2/b10-8-. The van der Waals surface area contributed by atoms with Crippen molar-refractivity contribution in [1.82, 2.24) is 10.3 Å². The van der Waals surface area contributed by atoms with Gasteiger partial charge in [-0.05, 0) is 43.0 Å². The molecule has 0 radical (unpaired) electrons. The Morgan fingerprint density at radius 3 is 3.14 bits per heavy atom. The molecule has 0 aliphatic heterocycles. The summed E-state index contributed by atoms with van der Waals surface area (Å²) in [7, 11) is 0. The Morgan fingerprint density at radius 2 is 2.29 bits per heavy atom. The maximum absolute atomic E-state index is 10.1. The van der Waals surface area contributed by atoms with Gasteiger partial charge in [0.25, 0.3) is 0 Å². The number of rotatable bonds is 8. The number of thioether (sulfide) groups is 1. The number of hydrogen-bond acceptors (Lipinski definition) is 5. The van der Waals surface area contributed by atoms with E-state index < -0.39 is 6.23 Å². The first-order valence-electron chi connectivity index (χ1n) is 6.80. The predicted octanol–water partition coefficient (Wildman–Crippen LogP) is 3.11. The SMILES string of the molecule is C=N/C=C\SCCCNC(O)c1cnc2ccccc2c1. The lowest BCUT2D eigenvalue weighted by Gasteiger charge is -2.13. The second-order valence-corrected chi connectivity index (χ2v) is 5.52. The summed E-state index contributed by atoms with van der Waals surface area (Å²) in [5.74, 6) is 0.974. The van der Waals surface area contributed by atoms with Crippen LogP contribution in [0.3, 0.4) is 0 Å². The summed E-state index contributed by atoms with van der Waals surface area (Å²) in [4.78, 5) is 7.98. The smallest absolute Gasteiger partial charge is 0.132 e. The highest BCUT2D eigenvalue weighted by molar-refractivity contribution is 8.02. The third-order valence-corrected chi connectivity index (χ3v) is 3.81. The Balaban J connectivity index is 1.80. The van der Waals surface area contributed by atoms with Crippen LogP contribution < -0.4 is 5.32 Å². The molecule has 0 amide bonds. The van der Waals surface area contributed by atoms with Gasteiger partial charge in [0.05, 0.1) is 5.52 Å². The second-order valence-electron chi connectivity index (χ2n) is 4.51. The van der Waals surface area contributed by atoms with Crippen LogP contribution in [0.2, 0.25) is 0 Å². The second kappa shape index (κ2) is 8.56. The van der Waals surface area contributed by atoms with E-state index in [-0.39, 0.29) is 0 Å². The summed E-state index contributed by atoms with van der Waals surface area (Å²) in [6.07, 6.45) is 3.67.